The van der Waals surface area contributed by atoms with Crippen molar-refractivity contribution in [3.05, 3.63) is 5.21 Å². The van der Waals surface area contributed by atoms with Crippen molar-refractivity contribution in [2.45, 2.75) is 0 Å². The Morgan fingerprint density at radius 2 is 2.00 bits per heavy atom. The fraction of sp³-hybridized carbons (Fsp3) is 1.00. The Morgan fingerprint density at radius 1 is 1.44 bits per heavy atom. The smallest absolute Gasteiger partial charge is 0.154 e. The van der Waals surface area contributed by atoms with Gasteiger partial charge in [0.2, 0.25) is 0 Å². The lowest BCUT2D eigenvalue weighted by Crippen LogP contribution is -2.38. The van der Waals surface area contributed by atoms with Crippen molar-refractivity contribution >= 4 is 0 Å². The maximum absolute atomic E-state index is 10.1. The molecule has 0 aromatic rings. The molecule has 5 heteroatoms. The van der Waals surface area contributed by atoms with Crippen LogP contribution in [-0.4, -0.2) is 46.5 Å². The number of nitrogens with zero attached hydrogens (tertiary/aromatic N) is 2. The zero-order chi connectivity index (χ0) is 6.91. The topological polar surface area (TPSA) is 66.5 Å². The quantitative estimate of drug-likeness (QED) is 0.307. The summed E-state index contributed by atoms with van der Waals surface area (Å²) in [7, 11) is 0. The number of hydrogen-bond acceptors (Lipinski definition) is 4. The molecule has 2 N–H and O–H groups in total. The average molecular weight is 134 g/mol. The summed E-state index contributed by atoms with van der Waals surface area (Å²) in [4.78, 5) is -0.214. The minimum atomic E-state index is -2.16. The van der Waals surface area contributed by atoms with Gasteiger partial charge in [0.15, 0.2) is 6.54 Å². The minimum Gasteiger partial charge on any atom is -0.564 e. The van der Waals surface area contributed by atoms with Crippen molar-refractivity contribution in [3.8, 4) is 0 Å². The standard InChI is InChI=1S/C4H10N2O3/c7-6(8,9)4-3-5-1-2-5/h7-8H,1-4H2. The molecule has 0 aromatic carbocycles. The first-order valence-corrected chi connectivity index (χ1v) is 2.85. The number of hydroxylamine groups is 3. The second-order valence-electron chi connectivity index (χ2n) is 2.23. The van der Waals surface area contributed by atoms with E-state index in [4.69, 9.17) is 10.4 Å². The molecule has 0 atom stereocenters. The van der Waals surface area contributed by atoms with Gasteiger partial charge >= 0.3 is 0 Å². The predicted molar refractivity (Wildman–Crippen MR) is 28.5 cm³/mol. The molecule has 0 bridgehead atoms. The van der Waals surface area contributed by atoms with Crippen LogP contribution in [0.4, 0.5) is 0 Å². The summed E-state index contributed by atoms with van der Waals surface area (Å²) in [6, 6.07) is 0. The minimum absolute atomic E-state index is 0.167. The summed E-state index contributed by atoms with van der Waals surface area (Å²) >= 11 is 0. The molecule has 9 heavy (non-hydrogen) atoms. The van der Waals surface area contributed by atoms with Gasteiger partial charge in [0.1, 0.15) is 0 Å². The Balaban J connectivity index is 2.03. The van der Waals surface area contributed by atoms with E-state index in [1.54, 1.807) is 0 Å². The summed E-state index contributed by atoms with van der Waals surface area (Å²) in [6.07, 6.45) is 0. The van der Waals surface area contributed by atoms with Crippen LogP contribution in [0.25, 0.3) is 0 Å². The van der Waals surface area contributed by atoms with Crippen molar-refractivity contribution in [2.24, 2.45) is 0 Å². The van der Waals surface area contributed by atoms with E-state index < -0.39 is 4.97 Å². The second kappa shape index (κ2) is 2.20. The summed E-state index contributed by atoms with van der Waals surface area (Å²) in [5.41, 5.74) is 0. The molecule has 0 saturated carbocycles. The highest BCUT2D eigenvalue weighted by Crippen LogP contribution is 2.03. The maximum atomic E-state index is 10.1. The normalized spacial score (nSPS) is 20.3. The molecule has 5 nitrogen and oxygen atoms in total. The van der Waals surface area contributed by atoms with Crippen LogP contribution in [0.5, 0.6) is 0 Å². The molecule has 0 aromatic heterocycles. The van der Waals surface area contributed by atoms with Crippen molar-refractivity contribution in [1.82, 2.24) is 4.90 Å². The van der Waals surface area contributed by atoms with Gasteiger partial charge in [-0.25, -0.2) is 0 Å². The Hall–Kier alpha value is -0.200. The average Bonchev–Trinajstić information content (AvgIpc) is 2.38. The third kappa shape index (κ3) is 3.39. The monoisotopic (exact) mass is 134 g/mol. The Bertz CT molecular complexity index is 96.5. The fourth-order valence-electron chi connectivity index (χ4n) is 0.566. The SMILES string of the molecule is [O-][N+](O)(O)CCN1CC1. The second-order valence-corrected chi connectivity index (χ2v) is 2.23. The van der Waals surface area contributed by atoms with Gasteiger partial charge in [0, 0.05) is 13.1 Å². The zero-order valence-electron chi connectivity index (χ0n) is 5.03. The van der Waals surface area contributed by atoms with Crippen LogP contribution in [0.1, 0.15) is 0 Å². The fourth-order valence-corrected chi connectivity index (χ4v) is 0.566. The van der Waals surface area contributed by atoms with Crippen LogP contribution < -0.4 is 0 Å². The first-order chi connectivity index (χ1) is 4.08. The van der Waals surface area contributed by atoms with Gasteiger partial charge in [0.25, 0.3) is 0 Å². The van der Waals surface area contributed by atoms with Crippen LogP contribution in [0.15, 0.2) is 0 Å². The third-order valence-electron chi connectivity index (χ3n) is 1.25. The molecule has 0 unspecified atom stereocenters. The molecule has 0 spiro atoms. The van der Waals surface area contributed by atoms with Crippen molar-refractivity contribution in [1.29, 1.82) is 0 Å². The molecular weight excluding hydrogens is 124 g/mol. The van der Waals surface area contributed by atoms with Gasteiger partial charge in [-0.15, -0.1) is 0 Å². The lowest BCUT2D eigenvalue weighted by atomic mass is 10.6. The molecular formula is C4H10N2O3. The zero-order valence-corrected chi connectivity index (χ0v) is 5.03. The number of quaternary nitrogens is 1. The largest absolute Gasteiger partial charge is 0.564 e. The first-order valence-electron chi connectivity index (χ1n) is 2.85. The molecule has 1 heterocycles. The van der Waals surface area contributed by atoms with E-state index in [2.05, 4.69) is 0 Å². The Morgan fingerprint density at radius 3 is 2.33 bits per heavy atom. The lowest BCUT2D eigenvalue weighted by Gasteiger charge is -2.23. The molecule has 0 aliphatic carbocycles. The van der Waals surface area contributed by atoms with Crippen LogP contribution in [-0.2, 0) is 0 Å². The highest BCUT2D eigenvalue weighted by atomic mass is 17.1. The molecule has 54 valence electrons. The molecule has 1 fully saturated rings. The van der Waals surface area contributed by atoms with E-state index >= 15 is 0 Å². The van der Waals surface area contributed by atoms with Crippen molar-refractivity contribution in [2.75, 3.05) is 26.2 Å². The Kier molecular flexibility index (Phi) is 1.69. The molecule has 1 aliphatic rings. The van der Waals surface area contributed by atoms with Crippen molar-refractivity contribution in [3.63, 3.8) is 0 Å². The first kappa shape index (κ1) is 6.91. The van der Waals surface area contributed by atoms with E-state index in [0.29, 0.717) is 6.54 Å². The van der Waals surface area contributed by atoms with Crippen LogP contribution in [0.2, 0.25) is 0 Å². The third-order valence-corrected chi connectivity index (χ3v) is 1.25. The molecule has 0 amide bonds. The van der Waals surface area contributed by atoms with E-state index in [-0.39, 0.29) is 6.54 Å². The number of rotatable bonds is 3. The molecule has 0 radical (unpaired) electrons. The Labute approximate surface area is 52.8 Å². The van der Waals surface area contributed by atoms with Crippen LogP contribution in [0, 0.1) is 5.21 Å². The van der Waals surface area contributed by atoms with E-state index in [0.717, 1.165) is 13.1 Å². The van der Waals surface area contributed by atoms with Gasteiger partial charge in [0.05, 0.1) is 6.54 Å². The van der Waals surface area contributed by atoms with Gasteiger partial charge in [-0.1, -0.05) is 4.97 Å². The maximum Gasteiger partial charge on any atom is 0.154 e. The highest BCUT2D eigenvalue weighted by Gasteiger charge is 2.20. The molecule has 1 rings (SSSR count). The van der Waals surface area contributed by atoms with Gasteiger partial charge in [-0.2, -0.15) is 10.4 Å². The van der Waals surface area contributed by atoms with E-state index in [1.165, 1.54) is 0 Å². The highest BCUT2D eigenvalue weighted by molar-refractivity contribution is 4.70. The number of hydrogen-bond donors (Lipinski definition) is 2. The molecule has 1 aliphatic heterocycles. The predicted octanol–water partition coefficient (Wildman–Crippen LogP) is -0.605. The van der Waals surface area contributed by atoms with Gasteiger partial charge in [-0.3, -0.25) is 4.90 Å². The summed E-state index contributed by atoms with van der Waals surface area (Å²) < 4.78 is 0. The van der Waals surface area contributed by atoms with Gasteiger partial charge < -0.3 is 5.21 Å². The molecule has 1 saturated heterocycles. The van der Waals surface area contributed by atoms with Crippen LogP contribution >= 0.6 is 0 Å². The lowest BCUT2D eigenvalue weighted by molar-refractivity contribution is -1.21. The summed E-state index contributed by atoms with van der Waals surface area (Å²) in [5.74, 6) is 0. The van der Waals surface area contributed by atoms with E-state index in [1.807, 2.05) is 4.90 Å². The summed E-state index contributed by atoms with van der Waals surface area (Å²) in [6.45, 7) is 2.25. The summed E-state index contributed by atoms with van der Waals surface area (Å²) in [5, 5.41) is 26.5. The van der Waals surface area contributed by atoms with Gasteiger partial charge in [-0.05, 0) is 0 Å². The van der Waals surface area contributed by atoms with Crippen LogP contribution in [0.3, 0.4) is 0 Å². The van der Waals surface area contributed by atoms with E-state index in [9.17, 15) is 5.21 Å². The van der Waals surface area contributed by atoms with Crippen molar-refractivity contribution < 1.29 is 15.4 Å².